The fourth-order valence-corrected chi connectivity index (χ4v) is 2.44. The van der Waals surface area contributed by atoms with Gasteiger partial charge in [-0.1, -0.05) is 0 Å². The molecule has 0 saturated carbocycles. The number of aliphatic hydroxyl groups excluding tert-OH is 1. The molecule has 142 valence electrons. The molecule has 0 fully saturated rings. The molecule has 1 aromatic carbocycles. The van der Waals surface area contributed by atoms with Gasteiger partial charge in [0.1, 0.15) is 5.70 Å². The zero-order valence-corrected chi connectivity index (χ0v) is 14.1. The fourth-order valence-electron chi connectivity index (χ4n) is 2.44. The summed E-state index contributed by atoms with van der Waals surface area (Å²) in [4.78, 5) is 25.6. The number of carbonyl (C=O) groups excluding carboxylic acids is 2. The highest BCUT2D eigenvalue weighted by Gasteiger charge is 2.34. The van der Waals surface area contributed by atoms with Crippen molar-refractivity contribution in [2.75, 3.05) is 39.2 Å². The van der Waals surface area contributed by atoms with Crippen LogP contribution in [0.15, 0.2) is 29.5 Å². The van der Waals surface area contributed by atoms with E-state index in [1.54, 1.807) is 0 Å². The zero-order valence-electron chi connectivity index (χ0n) is 14.1. The Bertz CT molecular complexity index is 723. The maximum Gasteiger partial charge on any atom is 0.387 e. The highest BCUT2D eigenvalue weighted by Crippen LogP contribution is 2.33. The molecule has 2 N–H and O–H groups in total. The summed E-state index contributed by atoms with van der Waals surface area (Å²) in [6.07, 6.45) is 0. The van der Waals surface area contributed by atoms with Crippen molar-refractivity contribution in [1.82, 2.24) is 4.90 Å². The summed E-state index contributed by atoms with van der Waals surface area (Å²) in [5.74, 6) is -1.38. The van der Waals surface area contributed by atoms with E-state index >= 15 is 0 Å². The van der Waals surface area contributed by atoms with Crippen LogP contribution in [0.2, 0.25) is 0 Å². The molecule has 0 unspecified atom stereocenters. The summed E-state index contributed by atoms with van der Waals surface area (Å²) >= 11 is 0. The minimum atomic E-state index is -3.06. The summed E-state index contributed by atoms with van der Waals surface area (Å²) in [5.41, 5.74) is 0.244. The Hall–Kier alpha value is -2.88. The molecule has 0 aromatic heterocycles. The Morgan fingerprint density at radius 3 is 2.65 bits per heavy atom. The number of amides is 1. The van der Waals surface area contributed by atoms with E-state index in [0.29, 0.717) is 0 Å². The highest BCUT2D eigenvalue weighted by molar-refractivity contribution is 6.08. The van der Waals surface area contributed by atoms with Gasteiger partial charge in [0.25, 0.3) is 5.91 Å². The van der Waals surface area contributed by atoms with Gasteiger partial charge in [-0.3, -0.25) is 4.79 Å². The minimum absolute atomic E-state index is 0.0346. The van der Waals surface area contributed by atoms with Crippen molar-refractivity contribution in [3.8, 4) is 11.5 Å². The normalized spacial score (nSPS) is 14.1. The Balaban J connectivity index is 2.34. The van der Waals surface area contributed by atoms with Crippen molar-refractivity contribution in [1.29, 1.82) is 0 Å². The average Bonchev–Trinajstić information content (AvgIpc) is 2.91. The number of anilines is 1. The minimum Gasteiger partial charge on any atom is -0.493 e. The molecule has 10 heteroatoms. The number of hydrogen-bond donors (Lipinski definition) is 2. The largest absolute Gasteiger partial charge is 0.493 e. The highest BCUT2D eigenvalue weighted by atomic mass is 19.3. The van der Waals surface area contributed by atoms with E-state index in [0.717, 1.165) is 0 Å². The smallest absolute Gasteiger partial charge is 0.387 e. The maximum absolute atomic E-state index is 12.5. The van der Waals surface area contributed by atoms with Crippen molar-refractivity contribution >= 4 is 17.6 Å². The second kappa shape index (κ2) is 8.48. The summed E-state index contributed by atoms with van der Waals surface area (Å²) in [7, 11) is 2.47. The third kappa shape index (κ3) is 4.20. The van der Waals surface area contributed by atoms with Crippen molar-refractivity contribution in [3.05, 3.63) is 29.5 Å². The lowest BCUT2D eigenvalue weighted by atomic mass is 10.2. The van der Waals surface area contributed by atoms with Crippen LogP contribution in [-0.4, -0.2) is 62.4 Å². The number of β-amino-alcohol motifs (C(OH)–C–C–N with tert-alkyl or cyclic N) is 1. The van der Waals surface area contributed by atoms with Crippen LogP contribution in [0.5, 0.6) is 11.5 Å². The molecule has 1 heterocycles. The van der Waals surface area contributed by atoms with Crippen LogP contribution in [0.4, 0.5) is 14.5 Å². The summed E-state index contributed by atoms with van der Waals surface area (Å²) < 4.78 is 39.1. The zero-order chi connectivity index (χ0) is 19.3. The number of alkyl halides is 2. The van der Waals surface area contributed by atoms with Gasteiger partial charge in [-0.05, 0) is 12.1 Å². The Morgan fingerprint density at radius 2 is 2.08 bits per heavy atom. The van der Waals surface area contributed by atoms with Crippen LogP contribution in [0.1, 0.15) is 0 Å². The molecule has 2 rings (SSSR count). The Labute approximate surface area is 147 Å². The third-order valence-electron chi connectivity index (χ3n) is 3.60. The van der Waals surface area contributed by atoms with Crippen LogP contribution in [-0.2, 0) is 14.3 Å². The maximum atomic E-state index is 12.5. The molecule has 1 aromatic rings. The topological polar surface area (TPSA) is 97.3 Å². The molecular formula is C16H18F2N2O6. The molecular weight excluding hydrogens is 354 g/mol. The number of carbonyl (C=O) groups is 2. The first-order chi connectivity index (χ1) is 12.4. The molecule has 1 aliphatic heterocycles. The number of halogens is 2. The van der Waals surface area contributed by atoms with E-state index in [4.69, 9.17) is 9.84 Å². The van der Waals surface area contributed by atoms with E-state index in [1.165, 1.54) is 37.3 Å². The molecule has 1 amide bonds. The van der Waals surface area contributed by atoms with Crippen LogP contribution in [0.25, 0.3) is 0 Å². The molecule has 8 nitrogen and oxygen atoms in total. The van der Waals surface area contributed by atoms with Gasteiger partial charge in [0.2, 0.25) is 0 Å². The second-order valence-corrected chi connectivity index (χ2v) is 5.16. The van der Waals surface area contributed by atoms with Gasteiger partial charge in [0.15, 0.2) is 11.5 Å². The van der Waals surface area contributed by atoms with Crippen LogP contribution >= 0.6 is 0 Å². The van der Waals surface area contributed by atoms with Crippen molar-refractivity contribution < 1.29 is 37.7 Å². The van der Waals surface area contributed by atoms with Gasteiger partial charge >= 0.3 is 12.6 Å². The molecule has 0 spiro atoms. The number of esters is 1. The monoisotopic (exact) mass is 372 g/mol. The van der Waals surface area contributed by atoms with Crippen LogP contribution in [0, 0.1) is 0 Å². The lowest BCUT2D eigenvalue weighted by Crippen LogP contribution is -2.31. The number of nitrogens with zero attached hydrogens (tertiary/aromatic N) is 1. The number of ether oxygens (including phenoxy) is 3. The van der Waals surface area contributed by atoms with Gasteiger partial charge in [0, 0.05) is 18.3 Å². The summed E-state index contributed by atoms with van der Waals surface area (Å²) in [6, 6.07) is 4.07. The first kappa shape index (κ1) is 19.4. The second-order valence-electron chi connectivity index (χ2n) is 5.16. The molecule has 0 aliphatic carbocycles. The number of rotatable bonds is 8. The molecule has 0 atom stereocenters. The van der Waals surface area contributed by atoms with E-state index in [-0.39, 0.29) is 48.2 Å². The predicted octanol–water partition coefficient (Wildman–Crippen LogP) is 0.970. The SMILES string of the molecule is COC(=O)C1=C(Nc2ccc(OC)c(OC(F)F)c2)C(=O)N(CCO)C1. The van der Waals surface area contributed by atoms with Gasteiger partial charge in [0.05, 0.1) is 32.9 Å². The molecule has 0 radical (unpaired) electrons. The number of nitrogens with one attached hydrogen (secondary N) is 1. The summed E-state index contributed by atoms with van der Waals surface area (Å²) in [6.45, 7) is -3.34. The fraction of sp³-hybridized carbons (Fsp3) is 0.375. The number of aliphatic hydroxyl groups is 1. The first-order valence-corrected chi connectivity index (χ1v) is 7.52. The third-order valence-corrected chi connectivity index (χ3v) is 3.60. The Kier molecular flexibility index (Phi) is 6.34. The van der Waals surface area contributed by atoms with Crippen molar-refractivity contribution in [2.45, 2.75) is 6.61 Å². The molecule has 1 aliphatic rings. The molecule has 26 heavy (non-hydrogen) atoms. The standard InChI is InChI=1S/C16H18F2N2O6/c1-24-11-4-3-9(7-12(11)26-16(17)18)19-13-10(15(23)25-2)8-20(5-6-21)14(13)22/h3-4,7,16,19,21H,5-6,8H2,1-2H3. The lowest BCUT2D eigenvalue weighted by Gasteiger charge is -2.15. The van der Waals surface area contributed by atoms with E-state index in [1.807, 2.05) is 0 Å². The summed E-state index contributed by atoms with van der Waals surface area (Å²) in [5, 5.41) is 11.8. The number of benzene rings is 1. The van der Waals surface area contributed by atoms with E-state index in [2.05, 4.69) is 14.8 Å². The number of hydrogen-bond acceptors (Lipinski definition) is 7. The average molecular weight is 372 g/mol. The Morgan fingerprint density at radius 1 is 1.35 bits per heavy atom. The predicted molar refractivity (Wildman–Crippen MR) is 86.0 cm³/mol. The van der Waals surface area contributed by atoms with Crippen LogP contribution in [0.3, 0.4) is 0 Å². The van der Waals surface area contributed by atoms with E-state index < -0.39 is 18.5 Å². The van der Waals surface area contributed by atoms with Crippen molar-refractivity contribution in [2.24, 2.45) is 0 Å². The van der Waals surface area contributed by atoms with Crippen molar-refractivity contribution in [3.63, 3.8) is 0 Å². The van der Waals surface area contributed by atoms with Gasteiger partial charge in [-0.25, -0.2) is 4.79 Å². The van der Waals surface area contributed by atoms with Crippen LogP contribution < -0.4 is 14.8 Å². The molecule has 0 bridgehead atoms. The van der Waals surface area contributed by atoms with Gasteiger partial charge in [-0.2, -0.15) is 8.78 Å². The number of methoxy groups -OCH3 is 2. The lowest BCUT2D eigenvalue weighted by molar-refractivity contribution is -0.136. The quantitative estimate of drug-likeness (QED) is 0.656. The van der Waals surface area contributed by atoms with Gasteiger partial charge in [-0.15, -0.1) is 0 Å². The molecule has 0 saturated heterocycles. The first-order valence-electron chi connectivity index (χ1n) is 7.52. The van der Waals surface area contributed by atoms with E-state index in [9.17, 15) is 18.4 Å². The van der Waals surface area contributed by atoms with Gasteiger partial charge < -0.3 is 29.5 Å².